The van der Waals surface area contributed by atoms with Gasteiger partial charge in [0.05, 0.1) is 5.75 Å². The molecule has 6 heteroatoms. The third-order valence-corrected chi connectivity index (χ3v) is 7.66. The molecule has 5 nitrogen and oxygen atoms in total. The molecule has 1 saturated heterocycles. The summed E-state index contributed by atoms with van der Waals surface area (Å²) < 4.78 is 27.2. The van der Waals surface area contributed by atoms with Crippen molar-refractivity contribution in [1.29, 1.82) is 0 Å². The number of anilines is 1. The fraction of sp³-hybridized carbons (Fsp3) is 0.292. The maximum absolute atomic E-state index is 12.8. The maximum Gasteiger partial charge on any atom is 0.227 e. The first kappa shape index (κ1) is 20.6. The number of piperidine rings is 1. The van der Waals surface area contributed by atoms with Crippen LogP contribution in [0.15, 0.2) is 66.7 Å². The highest BCUT2D eigenvalue weighted by atomic mass is 32.2. The van der Waals surface area contributed by atoms with Crippen LogP contribution in [0.2, 0.25) is 0 Å². The molecule has 156 valence electrons. The monoisotopic (exact) mass is 422 g/mol. The molecule has 1 heterocycles. The summed E-state index contributed by atoms with van der Waals surface area (Å²) >= 11 is 0. The van der Waals surface area contributed by atoms with E-state index in [2.05, 4.69) is 5.32 Å². The van der Waals surface area contributed by atoms with Gasteiger partial charge in [-0.15, -0.1) is 0 Å². The predicted molar refractivity (Wildman–Crippen MR) is 121 cm³/mol. The lowest BCUT2D eigenvalue weighted by molar-refractivity contribution is -0.120. The molecule has 1 N–H and O–H groups in total. The van der Waals surface area contributed by atoms with Crippen LogP contribution in [0.3, 0.4) is 0 Å². The summed E-state index contributed by atoms with van der Waals surface area (Å²) in [5.74, 6) is -0.212. The zero-order chi connectivity index (χ0) is 21.1. The Kier molecular flexibility index (Phi) is 5.88. The van der Waals surface area contributed by atoms with Crippen molar-refractivity contribution in [2.24, 2.45) is 5.92 Å². The number of carbonyl (C=O) groups excluding carboxylic acids is 1. The quantitative estimate of drug-likeness (QED) is 0.666. The molecule has 1 aliphatic heterocycles. The van der Waals surface area contributed by atoms with Crippen molar-refractivity contribution in [3.63, 3.8) is 0 Å². The number of hydrogen-bond acceptors (Lipinski definition) is 3. The van der Waals surface area contributed by atoms with Gasteiger partial charge in [-0.25, -0.2) is 12.7 Å². The lowest BCUT2D eigenvalue weighted by atomic mass is 9.97. The number of nitrogens with one attached hydrogen (secondary N) is 1. The van der Waals surface area contributed by atoms with Crippen molar-refractivity contribution >= 4 is 32.4 Å². The minimum atomic E-state index is -3.39. The molecular weight excluding hydrogens is 396 g/mol. The average Bonchev–Trinajstić information content (AvgIpc) is 2.75. The molecule has 0 spiro atoms. The Hall–Kier alpha value is -2.70. The molecule has 3 aromatic rings. The Morgan fingerprint density at radius 3 is 2.37 bits per heavy atom. The summed E-state index contributed by atoms with van der Waals surface area (Å²) in [5, 5.41) is 5.20. The smallest absolute Gasteiger partial charge is 0.227 e. The van der Waals surface area contributed by atoms with E-state index < -0.39 is 10.0 Å². The number of nitrogens with zero attached hydrogens (tertiary/aromatic N) is 1. The van der Waals surface area contributed by atoms with Crippen LogP contribution in [0.5, 0.6) is 0 Å². The lowest BCUT2D eigenvalue weighted by Crippen LogP contribution is -2.41. The summed E-state index contributed by atoms with van der Waals surface area (Å²) in [6.07, 6.45) is 1.07. The Morgan fingerprint density at radius 2 is 1.63 bits per heavy atom. The fourth-order valence-electron chi connectivity index (χ4n) is 3.97. The van der Waals surface area contributed by atoms with Crippen LogP contribution in [0, 0.1) is 12.8 Å². The molecule has 0 aliphatic carbocycles. The normalized spacial score (nSPS) is 15.9. The van der Waals surface area contributed by atoms with Crippen LogP contribution in [-0.2, 0) is 20.6 Å². The molecule has 1 aliphatic rings. The van der Waals surface area contributed by atoms with Gasteiger partial charge in [0.2, 0.25) is 15.9 Å². The highest BCUT2D eigenvalue weighted by Crippen LogP contribution is 2.25. The van der Waals surface area contributed by atoms with Crippen LogP contribution in [-0.4, -0.2) is 31.7 Å². The Bertz CT molecular complexity index is 1170. The minimum absolute atomic E-state index is 0.00757. The van der Waals surface area contributed by atoms with Crippen LogP contribution in [0.1, 0.15) is 24.0 Å². The van der Waals surface area contributed by atoms with Crippen LogP contribution < -0.4 is 5.32 Å². The van der Waals surface area contributed by atoms with E-state index in [1.807, 2.05) is 73.7 Å². The standard InChI is InChI=1S/C24H26N2O3S/c1-18-6-2-3-9-22(18)17-30(28,29)26-14-12-20(13-15-26)24(27)25-23-11-10-19-7-4-5-8-21(19)16-23/h2-11,16,20H,12-15,17H2,1H3,(H,25,27). The molecule has 0 unspecified atom stereocenters. The molecule has 0 aromatic heterocycles. The first-order valence-corrected chi connectivity index (χ1v) is 11.9. The summed E-state index contributed by atoms with van der Waals surface area (Å²) in [6, 6.07) is 21.4. The van der Waals surface area contributed by atoms with E-state index in [9.17, 15) is 13.2 Å². The number of hydrogen-bond donors (Lipinski definition) is 1. The molecule has 4 rings (SSSR count). The number of aryl methyl sites for hydroxylation is 1. The molecule has 0 saturated carbocycles. The topological polar surface area (TPSA) is 66.5 Å². The summed E-state index contributed by atoms with van der Waals surface area (Å²) in [4.78, 5) is 12.7. The third kappa shape index (κ3) is 4.55. The summed E-state index contributed by atoms with van der Waals surface area (Å²) in [6.45, 7) is 2.68. The Morgan fingerprint density at radius 1 is 0.967 bits per heavy atom. The second kappa shape index (κ2) is 8.58. The number of benzene rings is 3. The summed E-state index contributed by atoms with van der Waals surface area (Å²) in [7, 11) is -3.39. The van der Waals surface area contributed by atoms with E-state index >= 15 is 0 Å². The zero-order valence-electron chi connectivity index (χ0n) is 17.0. The van der Waals surface area contributed by atoms with Gasteiger partial charge in [-0.05, 0) is 53.8 Å². The first-order valence-electron chi connectivity index (χ1n) is 10.2. The van der Waals surface area contributed by atoms with Crippen molar-refractivity contribution in [3.8, 4) is 0 Å². The van der Waals surface area contributed by atoms with E-state index in [1.54, 1.807) is 0 Å². The van der Waals surface area contributed by atoms with Gasteiger partial charge in [0, 0.05) is 24.7 Å². The SMILES string of the molecule is Cc1ccccc1CS(=O)(=O)N1CCC(C(=O)Nc2ccc3ccccc3c2)CC1. The van der Waals surface area contributed by atoms with Gasteiger partial charge in [-0.3, -0.25) is 4.79 Å². The maximum atomic E-state index is 12.8. The number of fused-ring (bicyclic) bond motifs is 1. The minimum Gasteiger partial charge on any atom is -0.326 e. The van der Waals surface area contributed by atoms with Crippen LogP contribution >= 0.6 is 0 Å². The van der Waals surface area contributed by atoms with Gasteiger partial charge in [0.25, 0.3) is 0 Å². The van der Waals surface area contributed by atoms with E-state index in [0.717, 1.165) is 27.6 Å². The first-order chi connectivity index (χ1) is 14.4. The average molecular weight is 423 g/mol. The van der Waals surface area contributed by atoms with E-state index in [0.29, 0.717) is 25.9 Å². The molecule has 0 atom stereocenters. The van der Waals surface area contributed by atoms with Gasteiger partial charge in [-0.2, -0.15) is 0 Å². The second-order valence-corrected chi connectivity index (χ2v) is 9.88. The number of carbonyl (C=O) groups is 1. The van der Waals surface area contributed by atoms with Crippen molar-refractivity contribution in [1.82, 2.24) is 4.31 Å². The van der Waals surface area contributed by atoms with Gasteiger partial charge in [0.1, 0.15) is 0 Å². The van der Waals surface area contributed by atoms with Crippen LogP contribution in [0.25, 0.3) is 10.8 Å². The number of sulfonamides is 1. The third-order valence-electron chi connectivity index (χ3n) is 5.83. The predicted octanol–water partition coefficient (Wildman–Crippen LogP) is 4.33. The summed E-state index contributed by atoms with van der Waals surface area (Å²) in [5.41, 5.74) is 2.58. The highest BCUT2D eigenvalue weighted by Gasteiger charge is 2.31. The zero-order valence-corrected chi connectivity index (χ0v) is 17.9. The van der Waals surface area contributed by atoms with Crippen molar-refractivity contribution < 1.29 is 13.2 Å². The van der Waals surface area contributed by atoms with E-state index in [-0.39, 0.29) is 17.6 Å². The molecule has 3 aromatic carbocycles. The van der Waals surface area contributed by atoms with Gasteiger partial charge in [-0.1, -0.05) is 54.6 Å². The van der Waals surface area contributed by atoms with Crippen molar-refractivity contribution in [2.75, 3.05) is 18.4 Å². The van der Waals surface area contributed by atoms with Crippen molar-refractivity contribution in [2.45, 2.75) is 25.5 Å². The number of rotatable bonds is 5. The lowest BCUT2D eigenvalue weighted by Gasteiger charge is -2.30. The second-order valence-electron chi connectivity index (χ2n) is 7.91. The van der Waals surface area contributed by atoms with Crippen LogP contribution in [0.4, 0.5) is 5.69 Å². The highest BCUT2D eigenvalue weighted by molar-refractivity contribution is 7.88. The molecule has 30 heavy (non-hydrogen) atoms. The van der Waals surface area contributed by atoms with E-state index in [4.69, 9.17) is 0 Å². The molecule has 1 fully saturated rings. The molecule has 1 amide bonds. The molecule has 0 radical (unpaired) electrons. The van der Waals surface area contributed by atoms with Crippen molar-refractivity contribution in [3.05, 3.63) is 77.9 Å². The van der Waals surface area contributed by atoms with E-state index in [1.165, 1.54) is 4.31 Å². The molecule has 0 bridgehead atoms. The largest absolute Gasteiger partial charge is 0.326 e. The fourth-order valence-corrected chi connectivity index (χ4v) is 5.63. The number of amides is 1. The Labute approximate surface area is 177 Å². The van der Waals surface area contributed by atoms with Gasteiger partial charge >= 0.3 is 0 Å². The van der Waals surface area contributed by atoms with Gasteiger partial charge in [0.15, 0.2) is 0 Å². The Balaban J connectivity index is 1.36. The molecular formula is C24H26N2O3S. The van der Waals surface area contributed by atoms with Gasteiger partial charge < -0.3 is 5.32 Å².